The van der Waals surface area contributed by atoms with Crippen LogP contribution in [0.1, 0.15) is 19.0 Å². The highest BCUT2D eigenvalue weighted by atomic mass is 15.3. The number of rotatable bonds is 5. The zero-order valence-electron chi connectivity index (χ0n) is 9.40. The molecule has 0 saturated carbocycles. The van der Waals surface area contributed by atoms with Crippen LogP contribution in [0.3, 0.4) is 0 Å². The largest absolute Gasteiger partial charge is 0.311 e. The van der Waals surface area contributed by atoms with Crippen LogP contribution in [0.25, 0.3) is 11.3 Å². The molecule has 2 N–H and O–H groups in total. The summed E-state index contributed by atoms with van der Waals surface area (Å²) in [5.74, 6) is 0. The molecule has 0 fully saturated rings. The minimum absolute atomic E-state index is 0.758. The van der Waals surface area contributed by atoms with E-state index in [0.29, 0.717) is 0 Å². The van der Waals surface area contributed by atoms with Crippen molar-refractivity contribution in [1.82, 2.24) is 20.7 Å². The van der Waals surface area contributed by atoms with Crippen molar-refractivity contribution >= 4 is 0 Å². The zero-order valence-corrected chi connectivity index (χ0v) is 9.40. The first kappa shape index (κ1) is 10.8. The molecule has 0 aliphatic heterocycles. The minimum atomic E-state index is 0.758. The molecule has 1 aromatic heterocycles. The molecule has 0 bridgehead atoms. The number of benzene rings is 1. The van der Waals surface area contributed by atoms with Crippen LogP contribution in [0.4, 0.5) is 0 Å². The van der Waals surface area contributed by atoms with E-state index >= 15 is 0 Å². The van der Waals surface area contributed by atoms with E-state index in [-0.39, 0.29) is 0 Å². The smallest absolute Gasteiger partial charge is 0.117 e. The number of H-pyrrole nitrogens is 1. The maximum absolute atomic E-state index is 4.19. The van der Waals surface area contributed by atoms with Gasteiger partial charge in [0.05, 0.1) is 0 Å². The summed E-state index contributed by atoms with van der Waals surface area (Å²) < 4.78 is 0. The van der Waals surface area contributed by atoms with Gasteiger partial charge in [-0.05, 0) is 13.0 Å². The monoisotopic (exact) mass is 216 g/mol. The highest BCUT2D eigenvalue weighted by molar-refractivity contribution is 5.60. The van der Waals surface area contributed by atoms with Gasteiger partial charge in [-0.25, -0.2) is 0 Å². The molecule has 0 spiro atoms. The van der Waals surface area contributed by atoms with Gasteiger partial charge in [-0.3, -0.25) is 0 Å². The second kappa shape index (κ2) is 5.42. The van der Waals surface area contributed by atoms with Crippen LogP contribution in [-0.2, 0) is 6.54 Å². The quantitative estimate of drug-likeness (QED) is 0.751. The van der Waals surface area contributed by atoms with Crippen LogP contribution < -0.4 is 5.32 Å². The van der Waals surface area contributed by atoms with Crippen molar-refractivity contribution in [2.75, 3.05) is 6.54 Å². The van der Waals surface area contributed by atoms with Gasteiger partial charge in [0.2, 0.25) is 0 Å². The normalized spacial score (nSPS) is 10.6. The number of nitrogens with one attached hydrogen (secondary N) is 2. The van der Waals surface area contributed by atoms with Gasteiger partial charge in [-0.1, -0.05) is 37.3 Å². The SMILES string of the molecule is CCCNCc1n[nH]nc1-c1ccccc1. The topological polar surface area (TPSA) is 53.6 Å². The number of nitrogens with zero attached hydrogens (tertiary/aromatic N) is 2. The first-order chi connectivity index (χ1) is 7.92. The first-order valence-electron chi connectivity index (χ1n) is 5.57. The maximum Gasteiger partial charge on any atom is 0.117 e. The van der Waals surface area contributed by atoms with Gasteiger partial charge >= 0.3 is 0 Å². The summed E-state index contributed by atoms with van der Waals surface area (Å²) in [5.41, 5.74) is 3.01. The number of hydrogen-bond donors (Lipinski definition) is 2. The molecule has 2 aromatic rings. The predicted molar refractivity (Wildman–Crippen MR) is 63.8 cm³/mol. The minimum Gasteiger partial charge on any atom is -0.311 e. The van der Waals surface area contributed by atoms with E-state index in [1.165, 1.54) is 0 Å². The summed E-state index contributed by atoms with van der Waals surface area (Å²) in [7, 11) is 0. The van der Waals surface area contributed by atoms with Crippen LogP contribution in [0.5, 0.6) is 0 Å². The molecule has 4 heteroatoms. The fourth-order valence-corrected chi connectivity index (χ4v) is 1.59. The Morgan fingerprint density at radius 2 is 2.00 bits per heavy atom. The van der Waals surface area contributed by atoms with E-state index in [4.69, 9.17) is 0 Å². The van der Waals surface area contributed by atoms with Gasteiger partial charge in [0.15, 0.2) is 0 Å². The fraction of sp³-hybridized carbons (Fsp3) is 0.333. The Labute approximate surface area is 95.1 Å². The molecule has 0 saturated heterocycles. The van der Waals surface area contributed by atoms with E-state index < -0.39 is 0 Å². The van der Waals surface area contributed by atoms with E-state index in [0.717, 1.165) is 36.5 Å². The van der Waals surface area contributed by atoms with Crippen LogP contribution in [0.2, 0.25) is 0 Å². The number of aromatic amines is 1. The molecule has 0 amide bonds. The average molecular weight is 216 g/mol. The molecule has 84 valence electrons. The Morgan fingerprint density at radius 3 is 2.75 bits per heavy atom. The summed E-state index contributed by atoms with van der Waals surface area (Å²) in [4.78, 5) is 0. The number of aromatic nitrogens is 3. The van der Waals surface area contributed by atoms with Crippen molar-refractivity contribution in [2.24, 2.45) is 0 Å². The average Bonchev–Trinajstić information content (AvgIpc) is 2.79. The molecule has 16 heavy (non-hydrogen) atoms. The van der Waals surface area contributed by atoms with Crippen LogP contribution in [0.15, 0.2) is 30.3 Å². The zero-order chi connectivity index (χ0) is 11.2. The Hall–Kier alpha value is -1.68. The van der Waals surface area contributed by atoms with E-state index in [2.05, 4.69) is 27.7 Å². The van der Waals surface area contributed by atoms with Gasteiger partial charge in [0, 0.05) is 12.1 Å². The molecule has 0 aliphatic carbocycles. The lowest BCUT2D eigenvalue weighted by Gasteiger charge is -2.02. The van der Waals surface area contributed by atoms with Crippen molar-refractivity contribution in [2.45, 2.75) is 19.9 Å². The molecule has 4 nitrogen and oxygen atoms in total. The summed E-state index contributed by atoms with van der Waals surface area (Å²) in [6, 6.07) is 10.1. The Kier molecular flexibility index (Phi) is 3.66. The van der Waals surface area contributed by atoms with Gasteiger partial charge in [-0.2, -0.15) is 15.4 Å². The molecule has 0 unspecified atom stereocenters. The van der Waals surface area contributed by atoms with Crippen molar-refractivity contribution in [3.8, 4) is 11.3 Å². The summed E-state index contributed by atoms with van der Waals surface area (Å²) in [6.07, 6.45) is 1.12. The maximum atomic E-state index is 4.19. The van der Waals surface area contributed by atoms with E-state index in [1.54, 1.807) is 0 Å². The van der Waals surface area contributed by atoms with Crippen LogP contribution in [-0.4, -0.2) is 22.0 Å². The van der Waals surface area contributed by atoms with E-state index in [9.17, 15) is 0 Å². The van der Waals surface area contributed by atoms with Gasteiger partial charge in [0.25, 0.3) is 0 Å². The van der Waals surface area contributed by atoms with Crippen molar-refractivity contribution in [3.05, 3.63) is 36.0 Å². The standard InChI is InChI=1S/C12H16N4/c1-2-8-13-9-11-12(15-16-14-11)10-6-4-3-5-7-10/h3-7,13H,2,8-9H2,1H3,(H,14,15,16). The first-order valence-corrected chi connectivity index (χ1v) is 5.57. The Bertz CT molecular complexity index is 422. The molecule has 1 heterocycles. The van der Waals surface area contributed by atoms with Gasteiger partial charge < -0.3 is 5.32 Å². The highest BCUT2D eigenvalue weighted by Gasteiger charge is 2.08. The molecule has 0 radical (unpaired) electrons. The molecule has 1 aromatic carbocycles. The van der Waals surface area contributed by atoms with Crippen molar-refractivity contribution in [1.29, 1.82) is 0 Å². The second-order valence-electron chi connectivity index (χ2n) is 3.66. The summed E-state index contributed by atoms with van der Waals surface area (Å²) in [5, 5.41) is 14.4. The molecule has 0 aliphatic rings. The third-order valence-corrected chi connectivity index (χ3v) is 2.39. The van der Waals surface area contributed by atoms with Crippen molar-refractivity contribution in [3.63, 3.8) is 0 Å². The van der Waals surface area contributed by atoms with Gasteiger partial charge in [-0.15, -0.1) is 0 Å². The predicted octanol–water partition coefficient (Wildman–Crippen LogP) is 1.97. The van der Waals surface area contributed by atoms with Crippen LogP contribution >= 0.6 is 0 Å². The Balaban J connectivity index is 2.13. The third-order valence-electron chi connectivity index (χ3n) is 2.39. The van der Waals surface area contributed by atoms with Gasteiger partial charge in [0.1, 0.15) is 11.4 Å². The molecular weight excluding hydrogens is 200 g/mol. The van der Waals surface area contributed by atoms with Crippen molar-refractivity contribution < 1.29 is 0 Å². The molecule has 2 rings (SSSR count). The third kappa shape index (κ3) is 2.46. The second-order valence-corrected chi connectivity index (χ2v) is 3.66. The lowest BCUT2D eigenvalue weighted by Crippen LogP contribution is -2.14. The Morgan fingerprint density at radius 1 is 1.19 bits per heavy atom. The summed E-state index contributed by atoms with van der Waals surface area (Å²) >= 11 is 0. The molecule has 0 atom stereocenters. The highest BCUT2D eigenvalue weighted by Crippen LogP contribution is 2.18. The molecular formula is C12H16N4. The summed E-state index contributed by atoms with van der Waals surface area (Å²) in [6.45, 7) is 3.91. The lowest BCUT2D eigenvalue weighted by atomic mass is 10.1. The van der Waals surface area contributed by atoms with E-state index in [1.807, 2.05) is 30.3 Å². The lowest BCUT2D eigenvalue weighted by molar-refractivity contribution is 0.663. The van der Waals surface area contributed by atoms with Crippen LogP contribution in [0, 0.1) is 0 Å². The number of hydrogen-bond acceptors (Lipinski definition) is 3. The fourth-order valence-electron chi connectivity index (χ4n) is 1.59.